The molecule has 1 rings (SSSR count). The summed E-state index contributed by atoms with van der Waals surface area (Å²) in [5, 5.41) is 10.6. The summed E-state index contributed by atoms with van der Waals surface area (Å²) in [5.41, 5.74) is 0. The first-order chi connectivity index (χ1) is 14.4. The molecule has 0 spiro atoms. The summed E-state index contributed by atoms with van der Waals surface area (Å²) in [6.45, 7) is 5.78. The van der Waals surface area contributed by atoms with E-state index in [2.05, 4.69) is 5.92 Å². The summed E-state index contributed by atoms with van der Waals surface area (Å²) >= 11 is 0. The molecule has 0 radical (unpaired) electrons. The second-order valence-corrected chi connectivity index (χ2v) is 7.29. The van der Waals surface area contributed by atoms with E-state index in [0.29, 0.717) is 19.3 Å². The Morgan fingerprint density at radius 3 is 1.70 bits per heavy atom. The summed E-state index contributed by atoms with van der Waals surface area (Å²) in [5.74, 6) is 0.569. The summed E-state index contributed by atoms with van der Waals surface area (Å²) in [6, 6.07) is 0. The van der Waals surface area contributed by atoms with Crippen molar-refractivity contribution in [2.75, 3.05) is 0 Å². The molecule has 0 aromatic rings. The lowest BCUT2D eigenvalue weighted by molar-refractivity contribution is -0.285. The quantitative estimate of drug-likeness (QED) is 0.288. The van der Waals surface area contributed by atoms with Crippen molar-refractivity contribution in [1.29, 1.82) is 0 Å². The molecular weight excluding hydrogens is 392 g/mol. The van der Waals surface area contributed by atoms with Crippen LogP contribution < -0.4 is 0 Å². The summed E-state index contributed by atoms with van der Waals surface area (Å²) < 4.78 is 21.7. The number of hydrogen-bond acceptors (Lipinski definition) is 8. The van der Waals surface area contributed by atoms with Crippen molar-refractivity contribution in [2.24, 2.45) is 0 Å². The van der Waals surface area contributed by atoms with Crippen LogP contribution in [0.5, 0.6) is 0 Å². The van der Waals surface area contributed by atoms with Gasteiger partial charge in [0.15, 0.2) is 12.2 Å². The average Bonchev–Trinajstić information content (AvgIpc) is 2.73. The van der Waals surface area contributed by atoms with E-state index >= 15 is 0 Å². The molecule has 0 aromatic heterocycles. The zero-order valence-electron chi connectivity index (χ0n) is 18.1. The lowest BCUT2D eigenvalue weighted by atomic mass is 9.98. The maximum atomic E-state index is 12.3. The molecule has 0 saturated carbocycles. The van der Waals surface area contributed by atoms with Crippen LogP contribution in [-0.2, 0) is 33.3 Å². The number of aliphatic hydroxyl groups excluding tert-OH is 1. The fourth-order valence-electron chi connectivity index (χ4n) is 2.89. The Balaban J connectivity index is 3.07. The number of carbonyl (C=O) groups is 3. The van der Waals surface area contributed by atoms with Gasteiger partial charge < -0.3 is 24.1 Å². The number of aliphatic hydroxyl groups is 1. The first-order valence-electron chi connectivity index (χ1n) is 10.8. The van der Waals surface area contributed by atoms with Crippen molar-refractivity contribution in [3.8, 4) is 12.3 Å². The van der Waals surface area contributed by atoms with Gasteiger partial charge in [0.2, 0.25) is 12.4 Å². The molecule has 1 saturated heterocycles. The highest BCUT2D eigenvalue weighted by Gasteiger charge is 2.51. The number of unbranched alkanes of at least 4 members (excludes halogenated alkanes) is 3. The van der Waals surface area contributed by atoms with E-state index in [0.717, 1.165) is 19.3 Å². The van der Waals surface area contributed by atoms with Gasteiger partial charge in [0, 0.05) is 19.3 Å². The molecule has 8 nitrogen and oxygen atoms in total. The molecule has 0 amide bonds. The molecule has 2 unspecified atom stereocenters. The molecule has 30 heavy (non-hydrogen) atoms. The molecular formula is C22H34O8. The van der Waals surface area contributed by atoms with E-state index in [9.17, 15) is 19.5 Å². The van der Waals surface area contributed by atoms with Crippen LogP contribution in [0.3, 0.4) is 0 Å². The monoisotopic (exact) mass is 426 g/mol. The van der Waals surface area contributed by atoms with Gasteiger partial charge in [-0.25, -0.2) is 0 Å². The van der Waals surface area contributed by atoms with Gasteiger partial charge >= 0.3 is 17.9 Å². The third kappa shape index (κ3) is 8.33. The van der Waals surface area contributed by atoms with Gasteiger partial charge in [0.05, 0.1) is 0 Å². The van der Waals surface area contributed by atoms with Crippen molar-refractivity contribution in [1.82, 2.24) is 0 Å². The summed E-state index contributed by atoms with van der Waals surface area (Å²) in [7, 11) is 0. The predicted octanol–water partition coefficient (Wildman–Crippen LogP) is 2.64. The molecule has 1 aliphatic heterocycles. The van der Waals surface area contributed by atoms with Gasteiger partial charge in [-0.15, -0.1) is 6.42 Å². The molecule has 0 aromatic carbocycles. The number of ether oxygens (including phenoxy) is 4. The highest BCUT2D eigenvalue weighted by atomic mass is 16.7. The smallest absolute Gasteiger partial charge is 0.308 e. The number of esters is 3. The fourth-order valence-corrected chi connectivity index (χ4v) is 2.89. The molecule has 5 atom stereocenters. The molecule has 8 heteroatoms. The largest absolute Gasteiger partial charge is 0.455 e. The van der Waals surface area contributed by atoms with E-state index in [1.54, 1.807) is 0 Å². The summed E-state index contributed by atoms with van der Waals surface area (Å²) in [6.07, 6.45) is 3.40. The number of carbonyl (C=O) groups excluding carboxylic acids is 3. The van der Waals surface area contributed by atoms with Gasteiger partial charge in [-0.05, 0) is 19.3 Å². The maximum absolute atomic E-state index is 12.3. The Morgan fingerprint density at radius 1 is 0.833 bits per heavy atom. The van der Waals surface area contributed by atoms with Crippen LogP contribution in [-0.4, -0.2) is 53.7 Å². The van der Waals surface area contributed by atoms with Crippen molar-refractivity contribution < 1.29 is 38.4 Å². The summed E-state index contributed by atoms with van der Waals surface area (Å²) in [4.78, 5) is 36.6. The molecule has 170 valence electrons. The maximum Gasteiger partial charge on any atom is 0.308 e. The van der Waals surface area contributed by atoms with Crippen molar-refractivity contribution in [3.63, 3.8) is 0 Å². The second kappa shape index (κ2) is 14.0. The normalized spacial score (nSPS) is 25.8. The topological polar surface area (TPSA) is 108 Å². The SMILES string of the molecule is C#C[C@@H]1OC(OC(=O)CCCC)[C@@H](OC(=O)CCCC)C(OC(=O)CCCC)[C@@H]1O. The number of terminal acetylenes is 1. The fraction of sp³-hybridized carbons (Fsp3) is 0.773. The third-order valence-corrected chi connectivity index (χ3v) is 4.67. The van der Waals surface area contributed by atoms with Crippen LogP contribution in [0.1, 0.15) is 78.6 Å². The van der Waals surface area contributed by atoms with Crippen molar-refractivity contribution in [3.05, 3.63) is 0 Å². The van der Waals surface area contributed by atoms with E-state index in [-0.39, 0.29) is 19.3 Å². The molecule has 0 aliphatic carbocycles. The highest BCUT2D eigenvalue weighted by molar-refractivity contribution is 5.71. The van der Waals surface area contributed by atoms with Crippen LogP contribution in [0.2, 0.25) is 0 Å². The Labute approximate surface area is 178 Å². The minimum absolute atomic E-state index is 0.134. The minimum Gasteiger partial charge on any atom is -0.455 e. The van der Waals surface area contributed by atoms with Gasteiger partial charge in [-0.2, -0.15) is 0 Å². The minimum atomic E-state index is -1.44. The molecule has 1 aliphatic rings. The zero-order chi connectivity index (χ0) is 22.5. The van der Waals surface area contributed by atoms with Crippen LogP contribution in [0.4, 0.5) is 0 Å². The Hall–Kier alpha value is -2.11. The molecule has 1 N–H and O–H groups in total. The third-order valence-electron chi connectivity index (χ3n) is 4.67. The second-order valence-electron chi connectivity index (χ2n) is 7.29. The van der Waals surface area contributed by atoms with Crippen LogP contribution in [0.15, 0.2) is 0 Å². The number of hydrogen-bond donors (Lipinski definition) is 1. The molecule has 0 bridgehead atoms. The van der Waals surface area contributed by atoms with E-state index < -0.39 is 48.6 Å². The Bertz CT molecular complexity index is 596. The predicted molar refractivity (Wildman–Crippen MR) is 108 cm³/mol. The average molecular weight is 427 g/mol. The first kappa shape index (κ1) is 25.9. The Kier molecular flexibility index (Phi) is 12.1. The molecule has 1 heterocycles. The van der Waals surface area contributed by atoms with Crippen LogP contribution in [0, 0.1) is 12.3 Å². The van der Waals surface area contributed by atoms with Crippen LogP contribution >= 0.6 is 0 Å². The number of rotatable bonds is 12. The zero-order valence-corrected chi connectivity index (χ0v) is 18.1. The van der Waals surface area contributed by atoms with Gasteiger partial charge in [-0.3, -0.25) is 14.4 Å². The molecule has 1 fully saturated rings. The van der Waals surface area contributed by atoms with Gasteiger partial charge in [0.1, 0.15) is 6.10 Å². The van der Waals surface area contributed by atoms with E-state index in [4.69, 9.17) is 25.4 Å². The van der Waals surface area contributed by atoms with Crippen LogP contribution in [0.25, 0.3) is 0 Å². The standard InChI is InChI=1S/C22H34O8/c1-5-9-12-16(23)28-20-19(26)15(8-4)27-22(30-18(25)14-11-7-3)21(20)29-17(24)13-10-6-2/h4,15,19-22,26H,5-7,9-14H2,1-3H3/t15-,19+,20?,21-,22?/m0/s1. The lowest BCUT2D eigenvalue weighted by Gasteiger charge is -2.41. The van der Waals surface area contributed by atoms with Crippen molar-refractivity contribution >= 4 is 17.9 Å². The van der Waals surface area contributed by atoms with Gasteiger partial charge in [-0.1, -0.05) is 46.0 Å². The Morgan fingerprint density at radius 2 is 1.27 bits per heavy atom. The highest BCUT2D eigenvalue weighted by Crippen LogP contribution is 2.28. The van der Waals surface area contributed by atoms with E-state index in [1.165, 1.54) is 0 Å². The first-order valence-corrected chi connectivity index (χ1v) is 10.8. The van der Waals surface area contributed by atoms with Crippen molar-refractivity contribution in [2.45, 2.75) is 109 Å². The van der Waals surface area contributed by atoms with Gasteiger partial charge in [0.25, 0.3) is 0 Å². The lowest BCUT2D eigenvalue weighted by Crippen LogP contribution is -2.61. The van der Waals surface area contributed by atoms with E-state index in [1.807, 2.05) is 20.8 Å².